The number of carbonyl (C=O) groups excluding carboxylic acids is 1. The van der Waals surface area contributed by atoms with E-state index < -0.39 is 38.9 Å². The lowest BCUT2D eigenvalue weighted by Crippen LogP contribution is -2.23. The fourth-order valence-corrected chi connectivity index (χ4v) is 3.20. The summed E-state index contributed by atoms with van der Waals surface area (Å²) in [5, 5.41) is 0. The first-order valence-electron chi connectivity index (χ1n) is 5.84. The second-order valence-corrected chi connectivity index (χ2v) is 6.52. The van der Waals surface area contributed by atoms with Gasteiger partial charge in [0.05, 0.1) is 24.1 Å². The smallest absolute Gasteiger partial charge is 0.340 e. The number of methoxy groups -OCH3 is 1. The molecule has 9 heteroatoms. The van der Waals surface area contributed by atoms with Crippen molar-refractivity contribution >= 4 is 33.3 Å². The lowest BCUT2D eigenvalue weighted by molar-refractivity contribution is 0.0595. The zero-order valence-electron chi connectivity index (χ0n) is 11.3. The van der Waals surface area contributed by atoms with Crippen molar-refractivity contribution in [3.63, 3.8) is 0 Å². The Labute approximate surface area is 126 Å². The average molecular weight is 342 g/mol. The molecule has 21 heavy (non-hydrogen) atoms. The average Bonchev–Trinajstić information content (AvgIpc) is 2.40. The van der Waals surface area contributed by atoms with E-state index in [-0.39, 0.29) is 17.6 Å². The molecule has 0 spiro atoms. The number of hydrogen-bond donors (Lipinski definition) is 1. The summed E-state index contributed by atoms with van der Waals surface area (Å²) in [7, 11) is -2.85. The van der Waals surface area contributed by atoms with Gasteiger partial charge in [-0.15, -0.1) is 11.6 Å². The molecule has 0 aliphatic rings. The molecule has 0 aromatic heterocycles. The third-order valence-corrected chi connectivity index (χ3v) is 4.56. The molecular weight excluding hydrogens is 328 g/mol. The van der Waals surface area contributed by atoms with Crippen molar-refractivity contribution in [3.05, 3.63) is 29.3 Å². The van der Waals surface area contributed by atoms with E-state index in [9.17, 15) is 22.0 Å². The first kappa shape index (κ1) is 17.6. The molecular formula is C12H14ClF2NO4S. The number of rotatable bonds is 6. The van der Waals surface area contributed by atoms with Crippen LogP contribution in [0, 0.1) is 17.6 Å². The van der Waals surface area contributed by atoms with Crippen LogP contribution in [0.3, 0.4) is 0 Å². The van der Waals surface area contributed by atoms with E-state index in [2.05, 4.69) is 4.74 Å². The second-order valence-electron chi connectivity index (χ2n) is 4.45. The highest BCUT2D eigenvalue weighted by molar-refractivity contribution is 7.92. The van der Waals surface area contributed by atoms with E-state index in [1.807, 2.05) is 4.72 Å². The molecule has 118 valence electrons. The van der Waals surface area contributed by atoms with Crippen LogP contribution in [0.2, 0.25) is 0 Å². The fraction of sp³-hybridized carbons (Fsp3) is 0.417. The summed E-state index contributed by atoms with van der Waals surface area (Å²) in [6, 6.07) is 1.16. The summed E-state index contributed by atoms with van der Waals surface area (Å²) >= 11 is 5.52. The van der Waals surface area contributed by atoms with Crippen LogP contribution in [0.1, 0.15) is 17.3 Å². The van der Waals surface area contributed by atoms with Gasteiger partial charge in [0, 0.05) is 11.9 Å². The Morgan fingerprint density at radius 3 is 2.52 bits per heavy atom. The van der Waals surface area contributed by atoms with Crippen LogP contribution >= 0.6 is 11.6 Å². The molecule has 1 aromatic carbocycles. The molecule has 1 N–H and O–H groups in total. The Hall–Kier alpha value is -1.41. The summed E-state index contributed by atoms with van der Waals surface area (Å²) in [6.45, 7) is 1.60. The molecule has 1 unspecified atom stereocenters. The lowest BCUT2D eigenvalue weighted by atomic mass is 10.2. The minimum absolute atomic E-state index is 0.111. The fourth-order valence-electron chi connectivity index (χ4n) is 1.52. The number of ether oxygens (including phenoxy) is 1. The van der Waals surface area contributed by atoms with Gasteiger partial charge >= 0.3 is 5.97 Å². The van der Waals surface area contributed by atoms with Gasteiger partial charge in [0.1, 0.15) is 11.6 Å². The maximum absolute atomic E-state index is 13.6. The molecule has 0 fully saturated rings. The molecule has 0 aliphatic heterocycles. The number of sulfonamides is 1. The molecule has 1 atom stereocenters. The van der Waals surface area contributed by atoms with Gasteiger partial charge < -0.3 is 4.74 Å². The molecule has 0 aliphatic carbocycles. The molecule has 1 aromatic rings. The first-order valence-corrected chi connectivity index (χ1v) is 8.02. The Morgan fingerprint density at radius 2 is 2.00 bits per heavy atom. The molecule has 0 radical (unpaired) electrons. The minimum atomic E-state index is -3.88. The molecule has 0 saturated heterocycles. The highest BCUT2D eigenvalue weighted by Crippen LogP contribution is 2.22. The van der Waals surface area contributed by atoms with Crippen molar-refractivity contribution in [2.45, 2.75) is 6.92 Å². The molecule has 1 rings (SSSR count). The Balaban J connectivity index is 3.11. The standard InChI is InChI=1S/C12H14ClF2NO4S/c1-7(5-13)6-21(18,19)16-11-3-8(12(17)20-2)9(14)4-10(11)15/h3-4,7,16H,5-6H2,1-2H3. The number of anilines is 1. The monoisotopic (exact) mass is 341 g/mol. The number of esters is 1. The number of hydrogen-bond acceptors (Lipinski definition) is 4. The highest BCUT2D eigenvalue weighted by atomic mass is 35.5. The number of carbonyl (C=O) groups is 1. The van der Waals surface area contributed by atoms with E-state index in [0.29, 0.717) is 6.07 Å². The van der Waals surface area contributed by atoms with Crippen LogP contribution < -0.4 is 4.72 Å². The Bertz CT molecular complexity index is 636. The van der Waals surface area contributed by atoms with Gasteiger partial charge in [-0.05, 0) is 12.0 Å². The topological polar surface area (TPSA) is 72.5 Å². The normalized spacial score (nSPS) is 12.8. The zero-order valence-corrected chi connectivity index (χ0v) is 12.9. The van der Waals surface area contributed by atoms with Crippen molar-refractivity contribution in [1.82, 2.24) is 0 Å². The SMILES string of the molecule is COC(=O)c1cc(NS(=O)(=O)CC(C)CCl)c(F)cc1F. The lowest BCUT2D eigenvalue weighted by Gasteiger charge is -2.13. The summed E-state index contributed by atoms with van der Waals surface area (Å²) in [5.74, 6) is -3.89. The third kappa shape index (κ3) is 4.82. The Kier molecular flexibility index (Phi) is 5.91. The summed E-state index contributed by atoms with van der Waals surface area (Å²) in [4.78, 5) is 11.3. The van der Waals surface area contributed by atoms with E-state index >= 15 is 0 Å². The van der Waals surface area contributed by atoms with Crippen LogP contribution in [0.15, 0.2) is 12.1 Å². The van der Waals surface area contributed by atoms with E-state index in [1.165, 1.54) is 0 Å². The van der Waals surface area contributed by atoms with Crippen molar-refractivity contribution in [2.75, 3.05) is 23.5 Å². The van der Waals surface area contributed by atoms with Gasteiger partial charge in [0.25, 0.3) is 0 Å². The predicted octanol–water partition coefficient (Wildman–Crippen LogP) is 2.37. The van der Waals surface area contributed by atoms with E-state index in [1.54, 1.807) is 6.92 Å². The number of alkyl halides is 1. The van der Waals surface area contributed by atoms with Gasteiger partial charge in [0.2, 0.25) is 10.0 Å². The van der Waals surface area contributed by atoms with Crippen LogP contribution in [-0.4, -0.2) is 33.1 Å². The maximum Gasteiger partial charge on any atom is 0.340 e. The quantitative estimate of drug-likeness (QED) is 0.637. The number of benzene rings is 1. The van der Waals surface area contributed by atoms with Gasteiger partial charge in [-0.2, -0.15) is 0 Å². The van der Waals surface area contributed by atoms with Crippen LogP contribution in [-0.2, 0) is 14.8 Å². The van der Waals surface area contributed by atoms with Gasteiger partial charge in [-0.1, -0.05) is 6.92 Å². The summed E-state index contributed by atoms with van der Waals surface area (Å²) in [5.41, 5.74) is -1.10. The maximum atomic E-state index is 13.6. The van der Waals surface area contributed by atoms with Crippen molar-refractivity contribution in [1.29, 1.82) is 0 Å². The zero-order chi connectivity index (χ0) is 16.2. The summed E-state index contributed by atoms with van der Waals surface area (Å²) < 4.78 is 56.9. The molecule has 0 bridgehead atoms. The number of nitrogens with one attached hydrogen (secondary N) is 1. The van der Waals surface area contributed by atoms with Gasteiger partial charge in [-0.3, -0.25) is 4.72 Å². The number of halogens is 3. The molecule has 5 nitrogen and oxygen atoms in total. The highest BCUT2D eigenvalue weighted by Gasteiger charge is 2.21. The van der Waals surface area contributed by atoms with Crippen molar-refractivity contribution < 1.29 is 26.7 Å². The van der Waals surface area contributed by atoms with Crippen LogP contribution in [0.4, 0.5) is 14.5 Å². The van der Waals surface area contributed by atoms with E-state index in [0.717, 1.165) is 13.2 Å². The second kappa shape index (κ2) is 7.04. The van der Waals surface area contributed by atoms with Crippen LogP contribution in [0.5, 0.6) is 0 Å². The largest absolute Gasteiger partial charge is 0.465 e. The summed E-state index contributed by atoms with van der Waals surface area (Å²) in [6.07, 6.45) is 0. The molecule has 0 heterocycles. The third-order valence-electron chi connectivity index (χ3n) is 2.49. The Morgan fingerprint density at radius 1 is 1.38 bits per heavy atom. The molecule has 0 saturated carbocycles. The van der Waals surface area contributed by atoms with Crippen molar-refractivity contribution in [3.8, 4) is 0 Å². The predicted molar refractivity (Wildman–Crippen MR) is 75.0 cm³/mol. The van der Waals surface area contributed by atoms with E-state index in [4.69, 9.17) is 11.6 Å². The van der Waals surface area contributed by atoms with Gasteiger partial charge in [-0.25, -0.2) is 22.0 Å². The first-order chi connectivity index (χ1) is 9.70. The van der Waals surface area contributed by atoms with Crippen molar-refractivity contribution in [2.24, 2.45) is 5.92 Å². The van der Waals surface area contributed by atoms with Crippen LogP contribution in [0.25, 0.3) is 0 Å². The van der Waals surface area contributed by atoms with Gasteiger partial charge in [0.15, 0.2) is 0 Å². The minimum Gasteiger partial charge on any atom is -0.465 e. The molecule has 0 amide bonds.